The first-order valence-corrected chi connectivity index (χ1v) is 9.19. The van der Waals surface area contributed by atoms with E-state index in [0.717, 1.165) is 49.3 Å². The number of rotatable bonds is 5. The third-order valence-electron chi connectivity index (χ3n) is 4.16. The second kappa shape index (κ2) is 8.45. The third kappa shape index (κ3) is 4.80. The topological polar surface area (TPSA) is 41.1 Å². The molecular formula is C19H20F2N2OS. The molecule has 0 aromatic heterocycles. The van der Waals surface area contributed by atoms with E-state index in [2.05, 4.69) is 10.6 Å². The van der Waals surface area contributed by atoms with Gasteiger partial charge in [-0.15, -0.1) is 11.8 Å². The van der Waals surface area contributed by atoms with Crippen molar-refractivity contribution in [3.05, 3.63) is 65.7 Å². The van der Waals surface area contributed by atoms with E-state index in [0.29, 0.717) is 0 Å². The van der Waals surface area contributed by atoms with Crippen molar-refractivity contribution in [1.29, 1.82) is 0 Å². The highest BCUT2D eigenvalue weighted by atomic mass is 32.2. The quantitative estimate of drug-likeness (QED) is 0.798. The Morgan fingerprint density at radius 3 is 2.52 bits per heavy atom. The van der Waals surface area contributed by atoms with Crippen LogP contribution in [0.15, 0.2) is 53.4 Å². The lowest BCUT2D eigenvalue weighted by Crippen LogP contribution is -2.44. The van der Waals surface area contributed by atoms with E-state index in [-0.39, 0.29) is 16.8 Å². The fraction of sp³-hybridized carbons (Fsp3) is 0.316. The first-order valence-electron chi connectivity index (χ1n) is 8.31. The fourth-order valence-corrected chi connectivity index (χ4v) is 3.88. The predicted molar refractivity (Wildman–Crippen MR) is 95.4 cm³/mol. The number of carbonyl (C=O) groups is 1. The molecule has 1 fully saturated rings. The van der Waals surface area contributed by atoms with E-state index in [4.69, 9.17) is 0 Å². The first-order chi connectivity index (χ1) is 12.1. The molecule has 1 unspecified atom stereocenters. The zero-order valence-corrected chi connectivity index (χ0v) is 14.5. The molecule has 0 spiro atoms. The summed E-state index contributed by atoms with van der Waals surface area (Å²) < 4.78 is 27.2. The summed E-state index contributed by atoms with van der Waals surface area (Å²) in [5.41, 5.74) is 0.794. The molecule has 25 heavy (non-hydrogen) atoms. The van der Waals surface area contributed by atoms with Gasteiger partial charge < -0.3 is 10.6 Å². The minimum Gasteiger partial charge on any atom is -0.352 e. The van der Waals surface area contributed by atoms with Crippen molar-refractivity contribution in [2.75, 3.05) is 13.1 Å². The van der Waals surface area contributed by atoms with E-state index in [9.17, 15) is 13.6 Å². The normalized spacial score (nSPS) is 16.4. The highest BCUT2D eigenvalue weighted by molar-refractivity contribution is 8.00. The van der Waals surface area contributed by atoms with Crippen LogP contribution in [0.2, 0.25) is 0 Å². The summed E-state index contributed by atoms with van der Waals surface area (Å²) in [6.07, 6.45) is 1.76. The van der Waals surface area contributed by atoms with Crippen molar-refractivity contribution in [2.24, 2.45) is 0 Å². The van der Waals surface area contributed by atoms with Gasteiger partial charge in [-0.05, 0) is 43.6 Å². The Kier molecular flexibility index (Phi) is 6.04. The molecule has 2 aromatic rings. The molecule has 0 radical (unpaired) electrons. The molecular weight excluding hydrogens is 342 g/mol. The molecule has 0 aliphatic carbocycles. The Balaban J connectivity index is 1.80. The zero-order chi connectivity index (χ0) is 17.6. The highest BCUT2D eigenvalue weighted by Gasteiger charge is 2.26. The lowest BCUT2D eigenvalue weighted by molar-refractivity contribution is -0.121. The van der Waals surface area contributed by atoms with Crippen molar-refractivity contribution in [1.82, 2.24) is 10.6 Å². The third-order valence-corrected chi connectivity index (χ3v) is 5.47. The van der Waals surface area contributed by atoms with E-state index >= 15 is 0 Å². The molecule has 1 saturated heterocycles. The number of thioether (sulfide) groups is 1. The number of benzene rings is 2. The molecule has 2 N–H and O–H groups in total. The van der Waals surface area contributed by atoms with Crippen LogP contribution in [0.25, 0.3) is 0 Å². The standard InChI is InChI=1S/C19H20F2N2OS/c20-14-6-7-17(16(21)12-14)25-18(13-4-2-1-3-5-13)19(24)23-15-8-10-22-11-9-15/h1-7,12,15,18,22H,8-11H2,(H,23,24). The van der Waals surface area contributed by atoms with Gasteiger partial charge in [0.25, 0.3) is 0 Å². The van der Waals surface area contributed by atoms with E-state index in [1.165, 1.54) is 12.1 Å². The Labute approximate surface area is 150 Å². The second-order valence-corrected chi connectivity index (χ2v) is 7.16. The van der Waals surface area contributed by atoms with Crippen LogP contribution in [0.1, 0.15) is 23.7 Å². The number of nitrogens with one attached hydrogen (secondary N) is 2. The predicted octanol–water partition coefficient (Wildman–Crippen LogP) is 3.67. The Morgan fingerprint density at radius 1 is 1.12 bits per heavy atom. The molecule has 1 atom stereocenters. The lowest BCUT2D eigenvalue weighted by Gasteiger charge is -2.26. The van der Waals surface area contributed by atoms with Gasteiger partial charge in [-0.2, -0.15) is 0 Å². The van der Waals surface area contributed by atoms with Gasteiger partial charge in [0.15, 0.2) is 0 Å². The number of halogens is 2. The zero-order valence-electron chi connectivity index (χ0n) is 13.7. The minimum atomic E-state index is -0.652. The number of carbonyl (C=O) groups excluding carboxylic acids is 1. The lowest BCUT2D eigenvalue weighted by atomic mass is 10.1. The number of hydrogen-bond acceptors (Lipinski definition) is 3. The van der Waals surface area contributed by atoms with Crippen molar-refractivity contribution in [3.63, 3.8) is 0 Å². The van der Waals surface area contributed by atoms with Crippen LogP contribution in [0.4, 0.5) is 8.78 Å². The van der Waals surface area contributed by atoms with Gasteiger partial charge in [-0.25, -0.2) is 8.78 Å². The molecule has 0 bridgehead atoms. The maximum absolute atomic E-state index is 14.0. The first kappa shape index (κ1) is 17.9. The summed E-state index contributed by atoms with van der Waals surface area (Å²) in [7, 11) is 0. The summed E-state index contributed by atoms with van der Waals surface area (Å²) in [6.45, 7) is 1.75. The molecule has 0 saturated carbocycles. The van der Waals surface area contributed by atoms with Crippen molar-refractivity contribution in [2.45, 2.75) is 29.0 Å². The van der Waals surface area contributed by atoms with Gasteiger partial charge in [-0.1, -0.05) is 30.3 Å². The molecule has 3 nitrogen and oxygen atoms in total. The molecule has 1 aliphatic rings. The molecule has 132 valence electrons. The van der Waals surface area contributed by atoms with Gasteiger partial charge in [0.1, 0.15) is 16.9 Å². The van der Waals surface area contributed by atoms with E-state index in [1.807, 2.05) is 30.3 Å². The second-order valence-electron chi connectivity index (χ2n) is 6.02. The largest absolute Gasteiger partial charge is 0.352 e. The van der Waals surface area contributed by atoms with Crippen LogP contribution in [0.3, 0.4) is 0 Å². The van der Waals surface area contributed by atoms with Crippen LogP contribution in [-0.2, 0) is 4.79 Å². The SMILES string of the molecule is O=C(NC1CCNCC1)C(Sc1ccc(F)cc1F)c1ccccc1. The average molecular weight is 362 g/mol. The van der Waals surface area contributed by atoms with Crippen molar-refractivity contribution in [3.8, 4) is 0 Å². The summed E-state index contributed by atoms with van der Waals surface area (Å²) in [6, 6.07) is 12.8. The molecule has 1 aliphatic heterocycles. The summed E-state index contributed by atoms with van der Waals surface area (Å²) in [4.78, 5) is 13.1. The van der Waals surface area contributed by atoms with E-state index < -0.39 is 16.9 Å². The maximum atomic E-state index is 14.0. The van der Waals surface area contributed by atoms with Crippen LogP contribution in [0.5, 0.6) is 0 Å². The molecule has 6 heteroatoms. The van der Waals surface area contributed by atoms with E-state index in [1.54, 1.807) is 0 Å². The Bertz CT molecular complexity index is 721. The van der Waals surface area contributed by atoms with Crippen LogP contribution in [0, 0.1) is 11.6 Å². The minimum absolute atomic E-state index is 0.124. The monoisotopic (exact) mass is 362 g/mol. The molecule has 2 aromatic carbocycles. The van der Waals surface area contributed by atoms with Crippen LogP contribution < -0.4 is 10.6 Å². The summed E-state index contributed by atoms with van der Waals surface area (Å²) in [5, 5.41) is 5.75. The van der Waals surface area contributed by atoms with Gasteiger partial charge >= 0.3 is 0 Å². The molecule has 1 heterocycles. The average Bonchev–Trinajstić information content (AvgIpc) is 2.62. The molecule has 3 rings (SSSR count). The van der Waals surface area contributed by atoms with Gasteiger partial charge in [0, 0.05) is 17.0 Å². The number of amides is 1. The van der Waals surface area contributed by atoms with Gasteiger partial charge in [0.05, 0.1) is 0 Å². The van der Waals surface area contributed by atoms with Gasteiger partial charge in [0.2, 0.25) is 5.91 Å². The molecule has 1 amide bonds. The summed E-state index contributed by atoms with van der Waals surface area (Å²) in [5.74, 6) is -1.43. The number of piperidine rings is 1. The Hall–Kier alpha value is -1.92. The number of hydrogen-bond donors (Lipinski definition) is 2. The van der Waals surface area contributed by atoms with Gasteiger partial charge in [-0.3, -0.25) is 4.79 Å². The summed E-state index contributed by atoms with van der Waals surface area (Å²) >= 11 is 1.10. The van der Waals surface area contributed by atoms with Crippen LogP contribution in [-0.4, -0.2) is 25.0 Å². The van der Waals surface area contributed by atoms with Crippen molar-refractivity contribution < 1.29 is 13.6 Å². The smallest absolute Gasteiger partial charge is 0.238 e. The maximum Gasteiger partial charge on any atom is 0.238 e. The van der Waals surface area contributed by atoms with Crippen LogP contribution >= 0.6 is 11.8 Å². The fourth-order valence-electron chi connectivity index (χ4n) is 2.84. The van der Waals surface area contributed by atoms with Crippen molar-refractivity contribution >= 4 is 17.7 Å². The Morgan fingerprint density at radius 2 is 1.84 bits per heavy atom. The highest BCUT2D eigenvalue weighted by Crippen LogP contribution is 2.37.